The lowest BCUT2D eigenvalue weighted by atomic mass is 9.80. The molecule has 0 unspecified atom stereocenters. The summed E-state index contributed by atoms with van der Waals surface area (Å²) >= 11 is 0. The van der Waals surface area contributed by atoms with Crippen LogP contribution in [0.3, 0.4) is 0 Å². The number of hydrogen-bond donors (Lipinski definition) is 2. The van der Waals surface area contributed by atoms with Crippen LogP contribution in [0.15, 0.2) is 97.1 Å². The molecule has 4 heteroatoms. The van der Waals surface area contributed by atoms with E-state index in [2.05, 4.69) is 65.2 Å². The smallest absolute Gasteiger partial charge is 0.423 e. The molecule has 3 nitrogen and oxygen atoms in total. The molecule has 0 aliphatic heterocycles. The number of rotatable bonds is 2. The third kappa shape index (κ3) is 2.23. The number of para-hydroxylation sites is 1. The van der Waals surface area contributed by atoms with Crippen molar-refractivity contribution in [1.82, 2.24) is 4.57 Å². The Hall–Kier alpha value is -3.86. The first-order valence-electron chi connectivity index (χ1n) is 10.8. The van der Waals surface area contributed by atoms with Crippen molar-refractivity contribution in [3.63, 3.8) is 0 Å². The lowest BCUT2D eigenvalue weighted by molar-refractivity contribution is 0.426. The van der Waals surface area contributed by atoms with Crippen LogP contribution in [-0.2, 0) is 0 Å². The molecule has 7 rings (SSSR count). The Morgan fingerprint density at radius 2 is 1.25 bits per heavy atom. The van der Waals surface area contributed by atoms with Crippen molar-refractivity contribution < 1.29 is 10.0 Å². The molecule has 1 heterocycles. The fourth-order valence-electron chi connectivity index (χ4n) is 5.41. The first-order valence-corrected chi connectivity index (χ1v) is 10.8. The molecular weight excluding hydrogens is 393 g/mol. The highest BCUT2D eigenvalue weighted by molar-refractivity contribution is 6.59. The Bertz CT molecular complexity index is 1700. The van der Waals surface area contributed by atoms with Crippen LogP contribution in [0.25, 0.3) is 60.5 Å². The van der Waals surface area contributed by atoms with Crippen molar-refractivity contribution in [2.24, 2.45) is 0 Å². The van der Waals surface area contributed by atoms with Gasteiger partial charge in [0, 0.05) is 16.5 Å². The van der Waals surface area contributed by atoms with Crippen LogP contribution in [0.5, 0.6) is 0 Å². The molecule has 0 atom stereocenters. The van der Waals surface area contributed by atoms with E-state index in [-0.39, 0.29) is 0 Å². The summed E-state index contributed by atoms with van der Waals surface area (Å²) in [6.07, 6.45) is 0. The van der Waals surface area contributed by atoms with E-state index in [9.17, 15) is 10.0 Å². The summed E-state index contributed by atoms with van der Waals surface area (Å²) in [6, 6.07) is 33.4. The van der Waals surface area contributed by atoms with Gasteiger partial charge in [-0.25, -0.2) is 0 Å². The van der Waals surface area contributed by atoms with Crippen molar-refractivity contribution in [2.75, 3.05) is 0 Å². The molecule has 0 bridgehead atoms. The molecule has 32 heavy (non-hydrogen) atoms. The van der Waals surface area contributed by atoms with Crippen LogP contribution < -0.4 is 5.46 Å². The van der Waals surface area contributed by atoms with Crippen LogP contribution in [0.4, 0.5) is 0 Å². The lowest BCUT2D eigenvalue weighted by Crippen LogP contribution is -2.29. The van der Waals surface area contributed by atoms with Crippen LogP contribution in [-0.4, -0.2) is 21.7 Å². The molecule has 0 amide bonds. The SMILES string of the molecule is OB(O)c1ccc2c3c4cccc5c4c(cc3n(-c3ccccc3)c2c1)-c1ccccc1-5. The van der Waals surface area contributed by atoms with Gasteiger partial charge in [0.1, 0.15) is 0 Å². The van der Waals surface area contributed by atoms with Gasteiger partial charge in [-0.2, -0.15) is 0 Å². The van der Waals surface area contributed by atoms with Gasteiger partial charge < -0.3 is 14.6 Å². The molecule has 150 valence electrons. The fourth-order valence-corrected chi connectivity index (χ4v) is 5.41. The highest BCUT2D eigenvalue weighted by Gasteiger charge is 2.25. The number of aromatic nitrogens is 1. The van der Waals surface area contributed by atoms with Gasteiger partial charge in [0.15, 0.2) is 0 Å². The monoisotopic (exact) mass is 411 g/mol. The van der Waals surface area contributed by atoms with Crippen LogP contribution in [0.2, 0.25) is 0 Å². The van der Waals surface area contributed by atoms with E-state index in [1.165, 1.54) is 38.4 Å². The second-order valence-corrected chi connectivity index (χ2v) is 8.41. The van der Waals surface area contributed by atoms with E-state index in [0.717, 1.165) is 22.1 Å². The Balaban J connectivity index is 1.73. The largest absolute Gasteiger partial charge is 0.488 e. The van der Waals surface area contributed by atoms with Crippen molar-refractivity contribution in [1.29, 1.82) is 0 Å². The number of benzene rings is 5. The molecule has 0 fully saturated rings. The minimum absolute atomic E-state index is 0.486. The Kier molecular flexibility index (Phi) is 3.52. The van der Waals surface area contributed by atoms with Crippen molar-refractivity contribution in [3.8, 4) is 27.9 Å². The second-order valence-electron chi connectivity index (χ2n) is 8.41. The van der Waals surface area contributed by atoms with E-state index in [4.69, 9.17) is 0 Å². The molecule has 2 N–H and O–H groups in total. The van der Waals surface area contributed by atoms with Gasteiger partial charge in [0.05, 0.1) is 11.0 Å². The first kappa shape index (κ1) is 17.8. The predicted octanol–water partition coefficient (Wildman–Crippen LogP) is 5.26. The molecule has 0 spiro atoms. The van der Waals surface area contributed by atoms with Crippen molar-refractivity contribution >= 4 is 45.2 Å². The molecular formula is C28H18BNO2. The predicted molar refractivity (Wildman–Crippen MR) is 133 cm³/mol. The van der Waals surface area contributed by atoms with Crippen molar-refractivity contribution in [2.45, 2.75) is 0 Å². The first-order chi connectivity index (χ1) is 15.7. The van der Waals surface area contributed by atoms with E-state index in [1.807, 2.05) is 30.3 Å². The zero-order valence-electron chi connectivity index (χ0n) is 17.2. The molecule has 0 radical (unpaired) electrons. The maximum atomic E-state index is 9.84. The number of fused-ring (bicyclic) bond motifs is 7. The minimum atomic E-state index is -1.51. The van der Waals surface area contributed by atoms with Crippen LogP contribution in [0, 0.1) is 0 Å². The number of hydrogen-bond acceptors (Lipinski definition) is 2. The summed E-state index contributed by atoms with van der Waals surface area (Å²) in [6.45, 7) is 0. The highest BCUT2D eigenvalue weighted by Crippen LogP contribution is 2.50. The second kappa shape index (κ2) is 6.33. The maximum Gasteiger partial charge on any atom is 0.488 e. The molecule has 1 aliphatic rings. The van der Waals surface area contributed by atoms with Gasteiger partial charge in [-0.05, 0) is 62.8 Å². The molecule has 5 aromatic carbocycles. The van der Waals surface area contributed by atoms with Crippen LogP contribution in [0.1, 0.15) is 0 Å². The fraction of sp³-hybridized carbons (Fsp3) is 0. The lowest BCUT2D eigenvalue weighted by Gasteiger charge is -2.10. The third-order valence-corrected chi connectivity index (χ3v) is 6.73. The van der Waals surface area contributed by atoms with Crippen molar-refractivity contribution in [3.05, 3.63) is 97.1 Å². The van der Waals surface area contributed by atoms with Gasteiger partial charge in [0.2, 0.25) is 0 Å². The summed E-state index contributed by atoms with van der Waals surface area (Å²) in [4.78, 5) is 0. The van der Waals surface area contributed by atoms with E-state index in [1.54, 1.807) is 6.07 Å². The molecule has 1 aromatic heterocycles. The average molecular weight is 411 g/mol. The summed E-state index contributed by atoms with van der Waals surface area (Å²) in [5, 5.41) is 24.5. The van der Waals surface area contributed by atoms with E-state index in [0.29, 0.717) is 5.46 Å². The zero-order valence-corrected chi connectivity index (χ0v) is 17.2. The summed E-state index contributed by atoms with van der Waals surface area (Å²) in [5.41, 5.74) is 8.69. The molecule has 0 saturated heterocycles. The topological polar surface area (TPSA) is 45.4 Å². The van der Waals surface area contributed by atoms with Gasteiger partial charge >= 0.3 is 7.12 Å². The van der Waals surface area contributed by atoms with Gasteiger partial charge in [-0.15, -0.1) is 0 Å². The van der Waals surface area contributed by atoms with Gasteiger partial charge in [-0.1, -0.05) is 72.8 Å². The quantitative estimate of drug-likeness (QED) is 0.381. The van der Waals surface area contributed by atoms with E-state index >= 15 is 0 Å². The number of nitrogens with zero attached hydrogens (tertiary/aromatic N) is 1. The third-order valence-electron chi connectivity index (χ3n) is 6.73. The van der Waals surface area contributed by atoms with Gasteiger partial charge in [0.25, 0.3) is 0 Å². The highest BCUT2D eigenvalue weighted by atomic mass is 16.4. The minimum Gasteiger partial charge on any atom is -0.423 e. The average Bonchev–Trinajstić information content (AvgIpc) is 3.34. The Morgan fingerprint density at radius 3 is 2.03 bits per heavy atom. The Morgan fingerprint density at radius 1 is 0.531 bits per heavy atom. The zero-order chi connectivity index (χ0) is 21.4. The van der Waals surface area contributed by atoms with E-state index < -0.39 is 7.12 Å². The normalized spacial score (nSPS) is 12.1. The summed E-state index contributed by atoms with van der Waals surface area (Å²) in [5.74, 6) is 0. The molecule has 0 saturated carbocycles. The summed E-state index contributed by atoms with van der Waals surface area (Å²) < 4.78 is 2.24. The Labute approximate surface area is 184 Å². The molecule has 6 aromatic rings. The molecule has 1 aliphatic carbocycles. The van der Waals surface area contributed by atoms with Crippen LogP contribution >= 0.6 is 0 Å². The standard InChI is InChI=1S/C28H18BNO2/c31-29(32)17-13-14-22-25(15-17)30(18-7-2-1-3-8-18)26-16-24-20-10-5-4-9-19(20)21-11-6-12-23(27(21)24)28(22)26/h1-16,31-32H. The maximum absolute atomic E-state index is 9.84. The van der Waals surface area contributed by atoms with Gasteiger partial charge in [-0.3, -0.25) is 0 Å². The summed E-state index contributed by atoms with van der Waals surface area (Å²) in [7, 11) is -1.51.